The first-order valence-corrected chi connectivity index (χ1v) is 6.43. The zero-order valence-corrected chi connectivity index (χ0v) is 9.95. The predicted molar refractivity (Wildman–Crippen MR) is 67.2 cm³/mol. The van der Waals surface area contributed by atoms with Gasteiger partial charge in [0, 0.05) is 12.4 Å². The van der Waals surface area contributed by atoms with Gasteiger partial charge in [-0.1, -0.05) is 18.2 Å². The van der Waals surface area contributed by atoms with E-state index in [2.05, 4.69) is 9.44 Å². The van der Waals surface area contributed by atoms with E-state index >= 15 is 0 Å². The van der Waals surface area contributed by atoms with E-state index in [4.69, 9.17) is 0 Å². The number of benzene rings is 2. The largest absolute Gasteiger partial charge is 0.508 e. The van der Waals surface area contributed by atoms with Crippen molar-refractivity contribution in [3.63, 3.8) is 0 Å². The lowest BCUT2D eigenvalue weighted by Gasteiger charge is -2.09. The summed E-state index contributed by atoms with van der Waals surface area (Å²) >= 11 is 0. The smallest absolute Gasteiger partial charge is 0.298 e. The number of anilines is 1. The van der Waals surface area contributed by atoms with E-state index in [0.29, 0.717) is 11.1 Å². The minimum Gasteiger partial charge on any atom is -0.508 e. The van der Waals surface area contributed by atoms with Crippen LogP contribution in [0.5, 0.6) is 5.75 Å². The standard InChI is InChI=1S/C11H12N2O3S/c1-12-17(15,16)13-11-4-2-3-8-5-6-9(14)7-10(8)11/h2-7,12-14H,1H3. The van der Waals surface area contributed by atoms with Gasteiger partial charge in [0.25, 0.3) is 10.2 Å². The molecule has 2 aromatic carbocycles. The van der Waals surface area contributed by atoms with Gasteiger partial charge in [-0.3, -0.25) is 4.72 Å². The van der Waals surface area contributed by atoms with Crippen LogP contribution >= 0.6 is 0 Å². The van der Waals surface area contributed by atoms with E-state index in [-0.39, 0.29) is 5.75 Å². The lowest BCUT2D eigenvalue weighted by molar-refractivity contribution is 0.476. The van der Waals surface area contributed by atoms with Crippen LogP contribution in [0.1, 0.15) is 0 Å². The summed E-state index contributed by atoms with van der Waals surface area (Å²) in [6, 6.07) is 10.0. The first-order chi connectivity index (χ1) is 8.02. The molecule has 0 radical (unpaired) electrons. The second-order valence-corrected chi connectivity index (χ2v) is 5.14. The lowest BCUT2D eigenvalue weighted by atomic mass is 10.1. The third kappa shape index (κ3) is 2.48. The number of phenols is 1. The van der Waals surface area contributed by atoms with Gasteiger partial charge < -0.3 is 5.11 Å². The van der Waals surface area contributed by atoms with Crippen LogP contribution in [0.2, 0.25) is 0 Å². The van der Waals surface area contributed by atoms with Crippen molar-refractivity contribution in [2.45, 2.75) is 0 Å². The van der Waals surface area contributed by atoms with Gasteiger partial charge in [0.1, 0.15) is 5.75 Å². The molecule has 0 saturated carbocycles. The summed E-state index contributed by atoms with van der Waals surface area (Å²) in [7, 11) is -2.23. The maximum atomic E-state index is 11.4. The first kappa shape index (κ1) is 11.7. The summed E-state index contributed by atoms with van der Waals surface area (Å²) < 4.78 is 27.4. The molecule has 0 bridgehead atoms. The second-order valence-electron chi connectivity index (χ2n) is 3.52. The molecule has 0 fully saturated rings. The van der Waals surface area contributed by atoms with E-state index in [1.165, 1.54) is 13.1 Å². The second kappa shape index (κ2) is 4.23. The van der Waals surface area contributed by atoms with E-state index in [1.807, 2.05) is 6.07 Å². The molecule has 0 amide bonds. The molecule has 2 aromatic rings. The van der Waals surface area contributed by atoms with Crippen LogP contribution in [0.3, 0.4) is 0 Å². The molecule has 17 heavy (non-hydrogen) atoms. The highest BCUT2D eigenvalue weighted by molar-refractivity contribution is 7.90. The molecule has 0 aliphatic carbocycles. The van der Waals surface area contributed by atoms with E-state index < -0.39 is 10.2 Å². The number of phenolic OH excluding ortho intramolecular Hbond substituents is 1. The van der Waals surface area contributed by atoms with Crippen LogP contribution < -0.4 is 9.44 Å². The molecule has 0 heterocycles. The Morgan fingerprint density at radius 2 is 1.94 bits per heavy atom. The summed E-state index contributed by atoms with van der Waals surface area (Å²) in [6.07, 6.45) is 0. The van der Waals surface area contributed by atoms with Gasteiger partial charge in [0.15, 0.2) is 0 Å². The Morgan fingerprint density at radius 3 is 2.65 bits per heavy atom. The van der Waals surface area contributed by atoms with E-state index in [0.717, 1.165) is 5.39 Å². The van der Waals surface area contributed by atoms with Crippen LogP contribution in [0.4, 0.5) is 5.69 Å². The minimum atomic E-state index is -3.56. The maximum absolute atomic E-state index is 11.4. The average Bonchev–Trinajstić information content (AvgIpc) is 2.30. The zero-order chi connectivity index (χ0) is 12.5. The third-order valence-corrected chi connectivity index (χ3v) is 3.40. The van der Waals surface area contributed by atoms with Crippen molar-refractivity contribution in [2.75, 3.05) is 11.8 Å². The highest BCUT2D eigenvalue weighted by atomic mass is 32.2. The van der Waals surface area contributed by atoms with Crippen molar-refractivity contribution >= 4 is 26.7 Å². The van der Waals surface area contributed by atoms with Gasteiger partial charge in [-0.2, -0.15) is 8.42 Å². The molecule has 3 N–H and O–H groups in total. The van der Waals surface area contributed by atoms with Crippen molar-refractivity contribution in [1.82, 2.24) is 4.72 Å². The van der Waals surface area contributed by atoms with Crippen LogP contribution in [-0.2, 0) is 10.2 Å². The Bertz CT molecular complexity index is 653. The van der Waals surface area contributed by atoms with Gasteiger partial charge in [-0.25, -0.2) is 4.72 Å². The van der Waals surface area contributed by atoms with Crippen molar-refractivity contribution in [2.24, 2.45) is 0 Å². The normalized spacial score (nSPS) is 11.6. The Morgan fingerprint density at radius 1 is 1.18 bits per heavy atom. The number of fused-ring (bicyclic) bond motifs is 1. The molecule has 0 aliphatic heterocycles. The molecule has 0 aliphatic rings. The molecule has 0 aromatic heterocycles. The van der Waals surface area contributed by atoms with Gasteiger partial charge >= 0.3 is 0 Å². The van der Waals surface area contributed by atoms with Crippen molar-refractivity contribution < 1.29 is 13.5 Å². The van der Waals surface area contributed by atoms with Crippen molar-refractivity contribution in [1.29, 1.82) is 0 Å². The summed E-state index contributed by atoms with van der Waals surface area (Å²) in [6.45, 7) is 0. The molecule has 0 saturated heterocycles. The summed E-state index contributed by atoms with van der Waals surface area (Å²) in [5.74, 6) is 0.0913. The number of rotatable bonds is 3. The third-order valence-electron chi connectivity index (χ3n) is 2.38. The Labute approximate surface area is 99.3 Å². The first-order valence-electron chi connectivity index (χ1n) is 4.95. The molecule has 90 valence electrons. The topological polar surface area (TPSA) is 78.4 Å². The van der Waals surface area contributed by atoms with Crippen LogP contribution in [-0.4, -0.2) is 20.6 Å². The molecular weight excluding hydrogens is 240 g/mol. The number of aromatic hydroxyl groups is 1. The molecule has 0 spiro atoms. The Hall–Kier alpha value is -1.79. The van der Waals surface area contributed by atoms with Crippen LogP contribution in [0.15, 0.2) is 36.4 Å². The molecule has 0 unspecified atom stereocenters. The lowest BCUT2D eigenvalue weighted by Crippen LogP contribution is -2.26. The maximum Gasteiger partial charge on any atom is 0.298 e. The van der Waals surface area contributed by atoms with E-state index in [9.17, 15) is 13.5 Å². The van der Waals surface area contributed by atoms with Crippen LogP contribution in [0, 0.1) is 0 Å². The summed E-state index contributed by atoms with van der Waals surface area (Å²) in [5, 5.41) is 10.9. The number of nitrogens with one attached hydrogen (secondary N) is 2. The van der Waals surface area contributed by atoms with Gasteiger partial charge in [0.2, 0.25) is 0 Å². The van der Waals surface area contributed by atoms with Gasteiger partial charge in [-0.05, 0) is 23.6 Å². The molecule has 5 nitrogen and oxygen atoms in total. The SMILES string of the molecule is CNS(=O)(=O)Nc1cccc2ccc(O)cc12. The minimum absolute atomic E-state index is 0.0913. The predicted octanol–water partition coefficient (Wildman–Crippen LogP) is 1.42. The highest BCUT2D eigenvalue weighted by Crippen LogP contribution is 2.27. The monoisotopic (exact) mass is 252 g/mol. The summed E-state index contributed by atoms with van der Waals surface area (Å²) in [4.78, 5) is 0. The molecule has 0 atom stereocenters. The fourth-order valence-electron chi connectivity index (χ4n) is 1.55. The van der Waals surface area contributed by atoms with Crippen molar-refractivity contribution in [3.8, 4) is 5.75 Å². The zero-order valence-electron chi connectivity index (χ0n) is 9.14. The summed E-state index contributed by atoms with van der Waals surface area (Å²) in [5.41, 5.74) is 0.424. The number of hydrogen-bond donors (Lipinski definition) is 3. The van der Waals surface area contributed by atoms with Gasteiger partial charge in [0.05, 0.1) is 5.69 Å². The molecule has 2 rings (SSSR count). The average molecular weight is 252 g/mol. The highest BCUT2D eigenvalue weighted by Gasteiger charge is 2.09. The Kier molecular flexibility index (Phi) is 2.91. The van der Waals surface area contributed by atoms with Crippen LogP contribution in [0.25, 0.3) is 10.8 Å². The fraction of sp³-hybridized carbons (Fsp3) is 0.0909. The quantitative estimate of drug-likeness (QED) is 0.773. The number of hydrogen-bond acceptors (Lipinski definition) is 3. The Balaban J connectivity index is 2.58. The van der Waals surface area contributed by atoms with Crippen molar-refractivity contribution in [3.05, 3.63) is 36.4 Å². The van der Waals surface area contributed by atoms with Gasteiger partial charge in [-0.15, -0.1) is 0 Å². The molecule has 6 heteroatoms. The fourth-order valence-corrected chi connectivity index (χ4v) is 2.12. The molecular formula is C11H12N2O3S. The van der Waals surface area contributed by atoms with E-state index in [1.54, 1.807) is 24.3 Å².